The van der Waals surface area contributed by atoms with Crippen LogP contribution in [0.15, 0.2) is 24.3 Å². The second-order valence-corrected chi connectivity index (χ2v) is 6.10. The first-order chi connectivity index (χ1) is 10.1. The summed E-state index contributed by atoms with van der Waals surface area (Å²) in [6.45, 7) is 7.46. The van der Waals surface area contributed by atoms with Crippen molar-refractivity contribution in [3.8, 4) is 0 Å². The third-order valence-electron chi connectivity index (χ3n) is 4.04. The molecule has 114 valence electrons. The fourth-order valence-corrected chi connectivity index (χ4v) is 2.99. The summed E-state index contributed by atoms with van der Waals surface area (Å²) in [7, 11) is 0. The maximum atomic E-state index is 12.1. The highest BCUT2D eigenvalue weighted by atomic mass is 16.1. The zero-order chi connectivity index (χ0) is 15.2. The van der Waals surface area contributed by atoms with Gasteiger partial charge in [-0.25, -0.2) is 0 Å². The first-order valence-electron chi connectivity index (χ1n) is 7.79. The van der Waals surface area contributed by atoms with Gasteiger partial charge in [0.2, 0.25) is 5.91 Å². The highest BCUT2D eigenvalue weighted by Crippen LogP contribution is 2.21. The van der Waals surface area contributed by atoms with Crippen molar-refractivity contribution in [1.29, 1.82) is 0 Å². The van der Waals surface area contributed by atoms with Gasteiger partial charge in [0.05, 0.1) is 6.54 Å². The molecule has 0 fully saturated rings. The first kappa shape index (κ1) is 15.8. The van der Waals surface area contributed by atoms with Crippen LogP contribution in [0, 0.1) is 26.7 Å². The van der Waals surface area contributed by atoms with Gasteiger partial charge >= 0.3 is 0 Å². The lowest BCUT2D eigenvalue weighted by Crippen LogP contribution is -2.32. The summed E-state index contributed by atoms with van der Waals surface area (Å²) in [5.74, 6) is 0.710. The molecule has 1 amide bonds. The van der Waals surface area contributed by atoms with Gasteiger partial charge in [-0.05, 0) is 63.6 Å². The maximum Gasteiger partial charge on any atom is 0.238 e. The largest absolute Gasteiger partial charge is 0.324 e. The van der Waals surface area contributed by atoms with Gasteiger partial charge in [0, 0.05) is 5.69 Å². The van der Waals surface area contributed by atoms with Gasteiger partial charge in [-0.2, -0.15) is 0 Å². The van der Waals surface area contributed by atoms with E-state index < -0.39 is 0 Å². The van der Waals surface area contributed by atoms with Crippen molar-refractivity contribution in [3.05, 3.63) is 41.0 Å². The summed E-state index contributed by atoms with van der Waals surface area (Å²) in [5, 5.41) is 6.31. The molecule has 1 aliphatic carbocycles. The second-order valence-electron chi connectivity index (χ2n) is 6.10. The molecule has 2 rings (SSSR count). The fraction of sp³-hybridized carbons (Fsp3) is 0.500. The molecule has 0 spiro atoms. The first-order valence-corrected chi connectivity index (χ1v) is 7.79. The molecule has 0 bridgehead atoms. The van der Waals surface area contributed by atoms with Crippen LogP contribution in [0.4, 0.5) is 5.69 Å². The van der Waals surface area contributed by atoms with Gasteiger partial charge in [-0.1, -0.05) is 29.8 Å². The summed E-state index contributed by atoms with van der Waals surface area (Å²) >= 11 is 0. The molecule has 0 heterocycles. The van der Waals surface area contributed by atoms with Crippen LogP contribution in [0.2, 0.25) is 0 Å². The summed E-state index contributed by atoms with van der Waals surface area (Å²) < 4.78 is 0. The Morgan fingerprint density at radius 3 is 2.52 bits per heavy atom. The van der Waals surface area contributed by atoms with E-state index in [0.717, 1.165) is 29.8 Å². The third kappa shape index (κ3) is 4.71. The molecule has 0 aliphatic heterocycles. The summed E-state index contributed by atoms with van der Waals surface area (Å²) in [6, 6.07) is 4.20. The molecule has 21 heavy (non-hydrogen) atoms. The number of hydrogen-bond donors (Lipinski definition) is 2. The van der Waals surface area contributed by atoms with Crippen molar-refractivity contribution in [1.82, 2.24) is 5.32 Å². The maximum absolute atomic E-state index is 12.1. The van der Waals surface area contributed by atoms with E-state index in [1.807, 2.05) is 13.8 Å². The van der Waals surface area contributed by atoms with Crippen LogP contribution in [0.25, 0.3) is 0 Å². The molecule has 1 atom stereocenters. The molecule has 1 aliphatic rings. The number of rotatable bonds is 5. The molecule has 3 nitrogen and oxygen atoms in total. The average Bonchev–Trinajstić information content (AvgIpc) is 2.44. The molecule has 0 radical (unpaired) electrons. The van der Waals surface area contributed by atoms with Gasteiger partial charge in [-0.3, -0.25) is 4.79 Å². The Bertz CT molecular complexity index is 511. The molecule has 0 saturated heterocycles. The minimum atomic E-state index is 0.0383. The van der Waals surface area contributed by atoms with Crippen LogP contribution >= 0.6 is 0 Å². The Morgan fingerprint density at radius 2 is 1.90 bits per heavy atom. The minimum absolute atomic E-state index is 0.0383. The standard InChI is InChI=1S/C18H26N2O/c1-13-9-14(2)18(15(3)10-13)20-17(21)12-19-11-16-7-5-4-6-8-16/h4-5,9-10,16,19H,6-8,11-12H2,1-3H3,(H,20,21). The summed E-state index contributed by atoms with van der Waals surface area (Å²) in [6.07, 6.45) is 8.01. The summed E-state index contributed by atoms with van der Waals surface area (Å²) in [4.78, 5) is 12.1. The number of hydrogen-bond acceptors (Lipinski definition) is 2. The van der Waals surface area contributed by atoms with E-state index in [1.165, 1.54) is 18.4 Å². The van der Waals surface area contributed by atoms with E-state index in [0.29, 0.717) is 12.5 Å². The number of carbonyl (C=O) groups excluding carboxylic acids is 1. The molecule has 0 aromatic heterocycles. The quantitative estimate of drug-likeness (QED) is 0.813. The lowest BCUT2D eigenvalue weighted by atomic mass is 9.94. The van der Waals surface area contributed by atoms with E-state index in [1.54, 1.807) is 0 Å². The van der Waals surface area contributed by atoms with Gasteiger partial charge in [0.15, 0.2) is 0 Å². The van der Waals surface area contributed by atoms with Gasteiger partial charge < -0.3 is 10.6 Å². The number of benzene rings is 1. The van der Waals surface area contributed by atoms with Crippen molar-refractivity contribution in [2.24, 2.45) is 5.92 Å². The van der Waals surface area contributed by atoms with Crippen LogP contribution in [-0.2, 0) is 4.79 Å². The van der Waals surface area contributed by atoms with E-state index >= 15 is 0 Å². The van der Waals surface area contributed by atoms with Crippen molar-refractivity contribution >= 4 is 11.6 Å². The van der Waals surface area contributed by atoms with Crippen LogP contribution in [-0.4, -0.2) is 19.0 Å². The van der Waals surface area contributed by atoms with Gasteiger partial charge in [-0.15, -0.1) is 0 Å². The number of carbonyl (C=O) groups is 1. The number of allylic oxidation sites excluding steroid dienone is 2. The van der Waals surface area contributed by atoms with Gasteiger partial charge in [0.25, 0.3) is 0 Å². The molecule has 2 N–H and O–H groups in total. The molecular formula is C18H26N2O. The Labute approximate surface area is 127 Å². The monoisotopic (exact) mass is 286 g/mol. The van der Waals surface area contributed by atoms with E-state index in [4.69, 9.17) is 0 Å². The van der Waals surface area contributed by atoms with E-state index in [2.05, 4.69) is 41.8 Å². The average molecular weight is 286 g/mol. The number of anilines is 1. The Balaban J connectivity index is 1.80. The van der Waals surface area contributed by atoms with Crippen LogP contribution in [0.5, 0.6) is 0 Å². The normalized spacial score (nSPS) is 17.8. The van der Waals surface area contributed by atoms with Crippen LogP contribution < -0.4 is 10.6 Å². The van der Waals surface area contributed by atoms with E-state index in [-0.39, 0.29) is 5.91 Å². The smallest absolute Gasteiger partial charge is 0.238 e. The summed E-state index contributed by atoms with van der Waals surface area (Å²) in [5.41, 5.74) is 4.43. The van der Waals surface area contributed by atoms with Crippen LogP contribution in [0.3, 0.4) is 0 Å². The van der Waals surface area contributed by atoms with E-state index in [9.17, 15) is 4.79 Å². The Kier molecular flexibility index (Phi) is 5.57. The predicted octanol–water partition coefficient (Wildman–Crippen LogP) is 3.50. The van der Waals surface area contributed by atoms with Crippen molar-refractivity contribution < 1.29 is 4.79 Å². The zero-order valence-electron chi connectivity index (χ0n) is 13.3. The highest BCUT2D eigenvalue weighted by molar-refractivity contribution is 5.93. The Morgan fingerprint density at radius 1 is 1.19 bits per heavy atom. The number of aryl methyl sites for hydroxylation is 3. The fourth-order valence-electron chi connectivity index (χ4n) is 2.99. The van der Waals surface area contributed by atoms with Crippen molar-refractivity contribution in [2.75, 3.05) is 18.4 Å². The van der Waals surface area contributed by atoms with Crippen molar-refractivity contribution in [2.45, 2.75) is 40.0 Å². The lowest BCUT2D eigenvalue weighted by Gasteiger charge is -2.18. The van der Waals surface area contributed by atoms with Crippen LogP contribution in [0.1, 0.15) is 36.0 Å². The topological polar surface area (TPSA) is 41.1 Å². The third-order valence-corrected chi connectivity index (χ3v) is 4.04. The zero-order valence-corrected chi connectivity index (χ0v) is 13.3. The highest BCUT2D eigenvalue weighted by Gasteiger charge is 2.11. The predicted molar refractivity (Wildman–Crippen MR) is 88.6 cm³/mol. The molecule has 0 saturated carbocycles. The lowest BCUT2D eigenvalue weighted by molar-refractivity contribution is -0.115. The molecule has 1 unspecified atom stereocenters. The molecular weight excluding hydrogens is 260 g/mol. The van der Waals surface area contributed by atoms with Gasteiger partial charge in [0.1, 0.15) is 0 Å². The molecule has 1 aromatic carbocycles. The number of nitrogens with one attached hydrogen (secondary N) is 2. The SMILES string of the molecule is Cc1cc(C)c(NC(=O)CNCC2CC=CCC2)c(C)c1. The van der Waals surface area contributed by atoms with Crippen molar-refractivity contribution in [3.63, 3.8) is 0 Å². The Hall–Kier alpha value is -1.61. The molecule has 3 heteroatoms. The molecule has 1 aromatic rings. The second kappa shape index (κ2) is 7.41. The number of amides is 1. The minimum Gasteiger partial charge on any atom is -0.324 e.